The second-order valence-electron chi connectivity index (χ2n) is 6.24. The van der Waals surface area contributed by atoms with Crippen LogP contribution >= 0.6 is 11.6 Å². The topological polar surface area (TPSA) is 47.3 Å². The molecular weight excluding hydrogens is 398 g/mol. The van der Waals surface area contributed by atoms with Crippen molar-refractivity contribution in [1.29, 1.82) is 5.26 Å². The van der Waals surface area contributed by atoms with E-state index in [4.69, 9.17) is 16.9 Å². The van der Waals surface area contributed by atoms with Gasteiger partial charge in [0, 0.05) is 31.9 Å². The van der Waals surface area contributed by atoms with Gasteiger partial charge in [0.2, 0.25) is 0 Å². The number of piperazine rings is 1. The summed E-state index contributed by atoms with van der Waals surface area (Å²) >= 11 is 5.93. The lowest BCUT2D eigenvalue weighted by Crippen LogP contribution is -2.48. The molecule has 1 aliphatic heterocycles. The highest BCUT2D eigenvalue weighted by Crippen LogP contribution is 2.34. The SMILES string of the molecule is N#Cc1ccc(N2CCN(C(=O)c3ccc(F)cc3Cl)CC2)cc1C(F)(F)F. The number of hydrogen-bond donors (Lipinski definition) is 0. The van der Waals surface area contributed by atoms with Gasteiger partial charge in [-0.15, -0.1) is 0 Å². The Hall–Kier alpha value is -2.79. The van der Waals surface area contributed by atoms with Gasteiger partial charge in [0.25, 0.3) is 5.91 Å². The number of hydrogen-bond acceptors (Lipinski definition) is 3. The van der Waals surface area contributed by atoms with Crippen molar-refractivity contribution in [2.75, 3.05) is 31.1 Å². The Bertz CT molecular complexity index is 947. The van der Waals surface area contributed by atoms with Crippen LogP contribution in [0.1, 0.15) is 21.5 Å². The number of benzene rings is 2. The Morgan fingerprint density at radius 3 is 2.32 bits per heavy atom. The van der Waals surface area contributed by atoms with E-state index in [1.807, 2.05) is 0 Å². The van der Waals surface area contributed by atoms with E-state index in [1.165, 1.54) is 17.0 Å². The summed E-state index contributed by atoms with van der Waals surface area (Å²) in [5, 5.41) is 8.89. The van der Waals surface area contributed by atoms with Crippen LogP contribution in [0.5, 0.6) is 0 Å². The highest BCUT2D eigenvalue weighted by Gasteiger charge is 2.34. The number of carbonyl (C=O) groups excluding carboxylic acids is 1. The summed E-state index contributed by atoms with van der Waals surface area (Å²) in [6.07, 6.45) is -4.63. The van der Waals surface area contributed by atoms with Gasteiger partial charge in [-0.25, -0.2) is 4.39 Å². The normalized spacial score (nSPS) is 14.7. The van der Waals surface area contributed by atoms with Crippen LogP contribution in [0.4, 0.5) is 23.2 Å². The Kier molecular flexibility index (Phi) is 5.47. The fourth-order valence-electron chi connectivity index (χ4n) is 3.06. The average molecular weight is 412 g/mol. The standard InChI is InChI=1S/C19H14ClF4N3O/c20-17-9-13(21)2-4-15(17)18(28)27-7-5-26(6-8-27)14-3-1-12(11-25)16(10-14)19(22,23)24/h1-4,9-10H,5-8H2. The maximum absolute atomic E-state index is 13.1. The van der Waals surface area contributed by atoms with Crippen molar-refractivity contribution < 1.29 is 22.4 Å². The van der Waals surface area contributed by atoms with E-state index in [0.29, 0.717) is 18.8 Å². The van der Waals surface area contributed by atoms with Crippen LogP contribution in [0.25, 0.3) is 0 Å². The van der Waals surface area contributed by atoms with E-state index in [2.05, 4.69) is 0 Å². The lowest BCUT2D eigenvalue weighted by atomic mass is 10.1. The molecule has 3 rings (SSSR count). The number of halogens is 5. The minimum absolute atomic E-state index is 0.00865. The van der Waals surface area contributed by atoms with Crippen LogP contribution < -0.4 is 4.90 Å². The van der Waals surface area contributed by atoms with Crippen molar-refractivity contribution in [3.8, 4) is 6.07 Å². The van der Waals surface area contributed by atoms with Crippen LogP contribution in [0.2, 0.25) is 5.02 Å². The van der Waals surface area contributed by atoms with Crippen LogP contribution in [-0.2, 0) is 6.18 Å². The number of alkyl halides is 3. The summed E-state index contributed by atoms with van der Waals surface area (Å²) in [7, 11) is 0. The lowest BCUT2D eigenvalue weighted by molar-refractivity contribution is -0.137. The van der Waals surface area contributed by atoms with Crippen molar-refractivity contribution in [1.82, 2.24) is 4.90 Å². The van der Waals surface area contributed by atoms with Crippen LogP contribution in [0, 0.1) is 17.1 Å². The van der Waals surface area contributed by atoms with E-state index in [-0.39, 0.29) is 29.6 Å². The quantitative estimate of drug-likeness (QED) is 0.691. The van der Waals surface area contributed by atoms with Crippen molar-refractivity contribution in [3.05, 3.63) is 63.9 Å². The molecule has 0 unspecified atom stereocenters. The van der Waals surface area contributed by atoms with Gasteiger partial charge >= 0.3 is 6.18 Å². The van der Waals surface area contributed by atoms with E-state index in [9.17, 15) is 22.4 Å². The molecule has 0 aliphatic carbocycles. The molecule has 0 spiro atoms. The molecule has 1 saturated heterocycles. The molecule has 0 atom stereocenters. The van der Waals surface area contributed by atoms with Gasteiger partial charge in [-0.3, -0.25) is 4.79 Å². The van der Waals surface area contributed by atoms with Gasteiger partial charge in [0.05, 0.1) is 27.8 Å². The third-order valence-corrected chi connectivity index (χ3v) is 4.84. The molecule has 0 N–H and O–H groups in total. The number of rotatable bonds is 2. The molecule has 9 heteroatoms. The molecule has 1 aliphatic rings. The van der Waals surface area contributed by atoms with Crippen LogP contribution in [-0.4, -0.2) is 37.0 Å². The molecule has 2 aromatic rings. The first kappa shape index (κ1) is 20.0. The van der Waals surface area contributed by atoms with Gasteiger partial charge in [-0.2, -0.15) is 18.4 Å². The zero-order valence-corrected chi connectivity index (χ0v) is 15.2. The predicted molar refractivity (Wildman–Crippen MR) is 95.7 cm³/mol. The smallest absolute Gasteiger partial charge is 0.368 e. The van der Waals surface area contributed by atoms with Crippen LogP contribution in [0.3, 0.4) is 0 Å². The number of amides is 1. The number of anilines is 1. The molecule has 0 saturated carbocycles. The van der Waals surface area contributed by atoms with E-state index in [0.717, 1.165) is 24.3 Å². The summed E-state index contributed by atoms with van der Waals surface area (Å²) < 4.78 is 52.6. The average Bonchev–Trinajstić information content (AvgIpc) is 2.66. The van der Waals surface area contributed by atoms with Crippen molar-refractivity contribution >= 4 is 23.2 Å². The minimum atomic E-state index is -4.63. The molecule has 1 fully saturated rings. The summed E-state index contributed by atoms with van der Waals surface area (Å²) in [5.41, 5.74) is -0.910. The highest BCUT2D eigenvalue weighted by atomic mass is 35.5. The van der Waals surface area contributed by atoms with Crippen molar-refractivity contribution in [3.63, 3.8) is 0 Å². The number of carbonyl (C=O) groups is 1. The Morgan fingerprint density at radius 1 is 1.07 bits per heavy atom. The Labute approximate surface area is 163 Å². The first-order chi connectivity index (χ1) is 13.2. The molecule has 0 bridgehead atoms. The van der Waals surface area contributed by atoms with E-state index in [1.54, 1.807) is 11.0 Å². The molecule has 2 aromatic carbocycles. The third kappa shape index (κ3) is 4.04. The number of nitrogens with zero attached hydrogens (tertiary/aromatic N) is 3. The van der Waals surface area contributed by atoms with Gasteiger partial charge in [0.1, 0.15) is 5.82 Å². The number of nitriles is 1. The van der Waals surface area contributed by atoms with E-state index >= 15 is 0 Å². The zero-order chi connectivity index (χ0) is 20.5. The maximum atomic E-state index is 13.1. The monoisotopic (exact) mass is 411 g/mol. The van der Waals surface area contributed by atoms with Gasteiger partial charge in [0.15, 0.2) is 0 Å². The molecule has 1 heterocycles. The largest absolute Gasteiger partial charge is 0.417 e. The molecule has 0 aromatic heterocycles. The Balaban J connectivity index is 1.74. The lowest BCUT2D eigenvalue weighted by Gasteiger charge is -2.36. The molecule has 28 heavy (non-hydrogen) atoms. The van der Waals surface area contributed by atoms with E-state index < -0.39 is 23.1 Å². The van der Waals surface area contributed by atoms with Gasteiger partial charge in [-0.05, 0) is 36.4 Å². The van der Waals surface area contributed by atoms with Crippen molar-refractivity contribution in [2.45, 2.75) is 6.18 Å². The first-order valence-corrected chi connectivity index (χ1v) is 8.69. The molecule has 1 amide bonds. The molecule has 0 radical (unpaired) electrons. The summed E-state index contributed by atoms with van der Waals surface area (Å²) in [5.74, 6) is -0.909. The first-order valence-electron chi connectivity index (χ1n) is 8.31. The fraction of sp³-hybridized carbons (Fsp3) is 0.263. The van der Waals surface area contributed by atoms with Gasteiger partial charge in [-0.1, -0.05) is 11.6 Å². The molecule has 146 valence electrons. The maximum Gasteiger partial charge on any atom is 0.417 e. The zero-order valence-electron chi connectivity index (χ0n) is 14.4. The molecular formula is C19H14ClF4N3O. The molecule has 4 nitrogen and oxygen atoms in total. The second-order valence-corrected chi connectivity index (χ2v) is 6.65. The Morgan fingerprint density at radius 2 is 1.75 bits per heavy atom. The summed E-state index contributed by atoms with van der Waals surface area (Å²) in [6.45, 7) is 1.17. The van der Waals surface area contributed by atoms with Crippen molar-refractivity contribution in [2.24, 2.45) is 0 Å². The summed E-state index contributed by atoms with van der Waals surface area (Å²) in [4.78, 5) is 15.8. The minimum Gasteiger partial charge on any atom is -0.368 e. The van der Waals surface area contributed by atoms with Gasteiger partial charge < -0.3 is 9.80 Å². The fourth-order valence-corrected chi connectivity index (χ4v) is 3.31. The second kappa shape index (κ2) is 7.68. The van der Waals surface area contributed by atoms with Crippen LogP contribution in [0.15, 0.2) is 36.4 Å². The third-order valence-electron chi connectivity index (χ3n) is 4.52. The summed E-state index contributed by atoms with van der Waals surface area (Å²) in [6, 6.07) is 8.62. The predicted octanol–water partition coefficient (Wildman–Crippen LogP) is 4.33. The highest BCUT2D eigenvalue weighted by molar-refractivity contribution is 6.33.